The van der Waals surface area contributed by atoms with Crippen LogP contribution in [-0.2, 0) is 0 Å². The van der Waals surface area contributed by atoms with Crippen LogP contribution in [0, 0.1) is 11.3 Å². The predicted octanol–water partition coefficient (Wildman–Crippen LogP) is 3.55. The van der Waals surface area contributed by atoms with E-state index in [4.69, 9.17) is 16.9 Å². The van der Waals surface area contributed by atoms with Crippen LogP contribution >= 0.6 is 23.4 Å². The summed E-state index contributed by atoms with van der Waals surface area (Å²) in [6.45, 7) is 2.16. The molecular weight excluding hydrogens is 240 g/mol. The molecule has 1 heterocycles. The molecule has 2 atom stereocenters. The number of rotatable bonds is 1. The van der Waals surface area contributed by atoms with Crippen molar-refractivity contribution in [1.82, 2.24) is 0 Å². The molecule has 2 rings (SSSR count). The van der Waals surface area contributed by atoms with E-state index in [2.05, 4.69) is 24.9 Å². The van der Waals surface area contributed by atoms with Crippen molar-refractivity contribution in [2.75, 3.05) is 11.9 Å². The minimum Gasteiger partial charge on any atom is -0.370 e. The molecule has 0 aromatic heterocycles. The van der Waals surface area contributed by atoms with Crippen molar-refractivity contribution >= 4 is 29.1 Å². The van der Waals surface area contributed by atoms with Gasteiger partial charge >= 0.3 is 0 Å². The first kappa shape index (κ1) is 11.6. The lowest BCUT2D eigenvalue weighted by atomic mass is 10.1. The predicted molar refractivity (Wildman–Crippen MR) is 69.2 cm³/mol. The van der Waals surface area contributed by atoms with E-state index in [0.717, 1.165) is 5.02 Å². The van der Waals surface area contributed by atoms with Gasteiger partial charge in [-0.15, -0.1) is 11.8 Å². The zero-order valence-corrected chi connectivity index (χ0v) is 10.8. The van der Waals surface area contributed by atoms with Gasteiger partial charge in [-0.1, -0.05) is 11.6 Å². The van der Waals surface area contributed by atoms with Gasteiger partial charge < -0.3 is 4.90 Å². The van der Waals surface area contributed by atoms with E-state index in [0.29, 0.717) is 17.7 Å². The van der Waals surface area contributed by atoms with Crippen molar-refractivity contribution in [3.63, 3.8) is 0 Å². The molecule has 0 fully saturated rings. The maximum absolute atomic E-state index is 8.82. The minimum absolute atomic E-state index is 0.320. The smallest absolute Gasteiger partial charge is 0.0634 e. The van der Waals surface area contributed by atoms with E-state index in [1.165, 1.54) is 10.6 Å². The standard InChI is InChI=1S/C12H13ClN2S/c1-8-11(5-6-14)16-12-7-9(13)3-4-10(12)15(8)2/h3-4,7-8,11H,5H2,1-2H3. The van der Waals surface area contributed by atoms with Crippen molar-refractivity contribution in [2.45, 2.75) is 29.5 Å². The summed E-state index contributed by atoms with van der Waals surface area (Å²) < 4.78 is 0. The van der Waals surface area contributed by atoms with E-state index >= 15 is 0 Å². The Labute approximate surface area is 105 Å². The van der Waals surface area contributed by atoms with Crippen LogP contribution < -0.4 is 4.90 Å². The summed E-state index contributed by atoms with van der Waals surface area (Å²) in [4.78, 5) is 3.40. The SMILES string of the molecule is CC1C(CC#N)Sc2cc(Cl)ccc2N1C. The molecule has 4 heteroatoms. The van der Waals surface area contributed by atoms with E-state index in [9.17, 15) is 0 Å². The van der Waals surface area contributed by atoms with Gasteiger partial charge in [0, 0.05) is 34.7 Å². The number of thioether (sulfide) groups is 1. The van der Waals surface area contributed by atoms with Crippen LogP contribution in [0.4, 0.5) is 5.69 Å². The maximum Gasteiger partial charge on any atom is 0.0634 e. The number of anilines is 1. The van der Waals surface area contributed by atoms with Crippen LogP contribution in [0.5, 0.6) is 0 Å². The number of fused-ring (bicyclic) bond motifs is 1. The Morgan fingerprint density at radius 3 is 3.00 bits per heavy atom. The highest BCUT2D eigenvalue weighted by atomic mass is 35.5. The molecule has 84 valence electrons. The van der Waals surface area contributed by atoms with Gasteiger partial charge in [-0.2, -0.15) is 5.26 Å². The minimum atomic E-state index is 0.320. The number of hydrogen-bond donors (Lipinski definition) is 0. The monoisotopic (exact) mass is 252 g/mol. The zero-order valence-electron chi connectivity index (χ0n) is 9.27. The Balaban J connectivity index is 2.37. The van der Waals surface area contributed by atoms with Crippen molar-refractivity contribution in [1.29, 1.82) is 5.26 Å². The van der Waals surface area contributed by atoms with Gasteiger partial charge in [0.25, 0.3) is 0 Å². The van der Waals surface area contributed by atoms with E-state index in [1.807, 2.05) is 18.2 Å². The molecule has 16 heavy (non-hydrogen) atoms. The molecule has 2 nitrogen and oxygen atoms in total. The molecule has 0 bridgehead atoms. The highest BCUT2D eigenvalue weighted by molar-refractivity contribution is 8.00. The molecular formula is C12H13ClN2S. The van der Waals surface area contributed by atoms with E-state index < -0.39 is 0 Å². The summed E-state index contributed by atoms with van der Waals surface area (Å²) in [5.74, 6) is 0. The first-order valence-electron chi connectivity index (χ1n) is 5.19. The summed E-state index contributed by atoms with van der Waals surface area (Å²) in [6.07, 6.45) is 0.572. The Hall–Kier alpha value is -0.850. The Morgan fingerprint density at radius 2 is 2.31 bits per heavy atom. The first-order valence-corrected chi connectivity index (χ1v) is 6.45. The number of benzene rings is 1. The summed E-state index contributed by atoms with van der Waals surface area (Å²) in [5.41, 5.74) is 1.20. The normalized spacial score (nSPS) is 23.8. The number of halogens is 1. The lowest BCUT2D eigenvalue weighted by Crippen LogP contribution is -2.40. The van der Waals surface area contributed by atoms with Gasteiger partial charge in [0.15, 0.2) is 0 Å². The number of hydrogen-bond acceptors (Lipinski definition) is 3. The van der Waals surface area contributed by atoms with Gasteiger partial charge in [0.2, 0.25) is 0 Å². The third kappa shape index (κ3) is 2.00. The first-order chi connectivity index (χ1) is 7.63. The highest BCUT2D eigenvalue weighted by Gasteiger charge is 2.29. The van der Waals surface area contributed by atoms with E-state index in [1.54, 1.807) is 11.8 Å². The lowest BCUT2D eigenvalue weighted by molar-refractivity contribution is 0.639. The largest absolute Gasteiger partial charge is 0.370 e. The molecule has 1 aromatic rings. The quantitative estimate of drug-likeness (QED) is 0.765. The van der Waals surface area contributed by atoms with Crippen molar-refractivity contribution < 1.29 is 0 Å². The molecule has 1 aromatic carbocycles. The Bertz CT molecular complexity index is 441. The van der Waals surface area contributed by atoms with Crippen LogP contribution in [0.25, 0.3) is 0 Å². The second-order valence-electron chi connectivity index (χ2n) is 3.98. The summed E-state index contributed by atoms with van der Waals surface area (Å²) in [5, 5.41) is 9.89. The average molecular weight is 253 g/mol. The molecule has 0 radical (unpaired) electrons. The average Bonchev–Trinajstić information content (AvgIpc) is 2.25. The molecule has 0 amide bonds. The van der Waals surface area contributed by atoms with Gasteiger partial charge in [0.1, 0.15) is 0 Å². The van der Waals surface area contributed by atoms with E-state index in [-0.39, 0.29) is 0 Å². The van der Waals surface area contributed by atoms with Gasteiger partial charge in [-0.25, -0.2) is 0 Å². The van der Waals surface area contributed by atoms with Crippen molar-refractivity contribution in [2.24, 2.45) is 0 Å². The molecule has 0 N–H and O–H groups in total. The van der Waals surface area contributed by atoms with Gasteiger partial charge in [-0.05, 0) is 25.1 Å². The van der Waals surface area contributed by atoms with Crippen molar-refractivity contribution in [3.8, 4) is 6.07 Å². The van der Waals surface area contributed by atoms with Gasteiger partial charge in [-0.3, -0.25) is 0 Å². The summed E-state index contributed by atoms with van der Waals surface area (Å²) >= 11 is 7.75. The van der Waals surface area contributed by atoms with Crippen LogP contribution in [-0.4, -0.2) is 18.3 Å². The fraction of sp³-hybridized carbons (Fsp3) is 0.417. The van der Waals surface area contributed by atoms with Crippen molar-refractivity contribution in [3.05, 3.63) is 23.2 Å². The molecule has 2 unspecified atom stereocenters. The molecule has 0 spiro atoms. The lowest BCUT2D eigenvalue weighted by Gasteiger charge is -2.38. The van der Waals surface area contributed by atoms with Crippen LogP contribution in [0.3, 0.4) is 0 Å². The number of nitriles is 1. The third-order valence-corrected chi connectivity index (χ3v) is 4.70. The fourth-order valence-corrected chi connectivity index (χ4v) is 3.53. The van der Waals surface area contributed by atoms with Crippen LogP contribution in [0.15, 0.2) is 23.1 Å². The molecule has 0 aliphatic carbocycles. The molecule has 0 saturated heterocycles. The maximum atomic E-state index is 8.82. The third-order valence-electron chi connectivity index (χ3n) is 3.02. The molecule has 1 aliphatic rings. The molecule has 1 aliphatic heterocycles. The Kier molecular flexibility index (Phi) is 3.32. The van der Waals surface area contributed by atoms with Gasteiger partial charge in [0.05, 0.1) is 11.8 Å². The van der Waals surface area contributed by atoms with Crippen LogP contribution in [0.2, 0.25) is 5.02 Å². The second kappa shape index (κ2) is 4.57. The highest BCUT2D eigenvalue weighted by Crippen LogP contribution is 2.42. The topological polar surface area (TPSA) is 27.0 Å². The second-order valence-corrected chi connectivity index (χ2v) is 5.70. The summed E-state index contributed by atoms with van der Waals surface area (Å²) in [7, 11) is 2.07. The van der Waals surface area contributed by atoms with Crippen LogP contribution in [0.1, 0.15) is 13.3 Å². The zero-order chi connectivity index (χ0) is 11.7. The number of nitrogens with zero attached hydrogens (tertiary/aromatic N) is 2. The molecule has 0 saturated carbocycles. The summed E-state index contributed by atoms with van der Waals surface area (Å²) in [6, 6.07) is 8.56. The fourth-order valence-electron chi connectivity index (χ4n) is 1.91. The Morgan fingerprint density at radius 1 is 1.56 bits per heavy atom.